The van der Waals surface area contributed by atoms with Gasteiger partial charge in [0.2, 0.25) is 5.91 Å². The van der Waals surface area contributed by atoms with E-state index in [1.54, 1.807) is 0 Å². The number of anilines is 2. The Kier molecular flexibility index (Phi) is 6.32. The molecule has 0 aliphatic heterocycles. The normalized spacial score (nSPS) is 10.6. The third-order valence-electron chi connectivity index (χ3n) is 2.90. The predicted molar refractivity (Wildman–Crippen MR) is 78.6 cm³/mol. The summed E-state index contributed by atoms with van der Waals surface area (Å²) in [5.74, 6) is -0.0621. The molecule has 5 heteroatoms. The van der Waals surface area contributed by atoms with Crippen molar-refractivity contribution >= 4 is 17.3 Å². The van der Waals surface area contributed by atoms with Crippen LogP contribution < -0.4 is 10.2 Å². The second-order valence-corrected chi connectivity index (χ2v) is 4.58. The molecule has 1 aromatic rings. The standard InChI is InChI=1S/C14H23N3O2/c1-4-17(9-10-18)11-14(19)15-12-5-7-13(8-6-12)16(2)3/h5-8,18H,4,9-11H2,1-3H3,(H,15,19). The summed E-state index contributed by atoms with van der Waals surface area (Å²) in [5.41, 5.74) is 1.88. The Morgan fingerprint density at radius 2 is 1.89 bits per heavy atom. The summed E-state index contributed by atoms with van der Waals surface area (Å²) < 4.78 is 0. The molecule has 0 saturated carbocycles. The van der Waals surface area contributed by atoms with Crippen molar-refractivity contribution < 1.29 is 9.90 Å². The van der Waals surface area contributed by atoms with E-state index < -0.39 is 0 Å². The lowest BCUT2D eigenvalue weighted by Crippen LogP contribution is -2.35. The number of amides is 1. The molecule has 0 atom stereocenters. The van der Waals surface area contributed by atoms with E-state index in [1.807, 2.05) is 55.1 Å². The van der Waals surface area contributed by atoms with Gasteiger partial charge in [0.05, 0.1) is 13.2 Å². The number of nitrogens with zero attached hydrogens (tertiary/aromatic N) is 2. The minimum atomic E-state index is -0.0621. The van der Waals surface area contributed by atoms with Gasteiger partial charge in [-0.3, -0.25) is 9.69 Å². The number of nitrogens with one attached hydrogen (secondary N) is 1. The summed E-state index contributed by atoms with van der Waals surface area (Å²) in [5, 5.41) is 11.7. The third kappa shape index (κ3) is 5.28. The minimum Gasteiger partial charge on any atom is -0.395 e. The van der Waals surface area contributed by atoms with E-state index in [4.69, 9.17) is 5.11 Å². The van der Waals surface area contributed by atoms with Crippen molar-refractivity contribution in [1.82, 2.24) is 4.90 Å². The van der Waals surface area contributed by atoms with Crippen LogP contribution in [0.2, 0.25) is 0 Å². The lowest BCUT2D eigenvalue weighted by molar-refractivity contribution is -0.117. The molecule has 106 valence electrons. The van der Waals surface area contributed by atoms with Crippen LogP contribution in [0.25, 0.3) is 0 Å². The quantitative estimate of drug-likeness (QED) is 0.772. The molecule has 0 bridgehead atoms. The van der Waals surface area contributed by atoms with Crippen LogP contribution in [0, 0.1) is 0 Å². The number of hydrogen-bond acceptors (Lipinski definition) is 4. The molecule has 2 N–H and O–H groups in total. The van der Waals surface area contributed by atoms with Crippen molar-refractivity contribution in [2.75, 3.05) is 50.6 Å². The third-order valence-corrected chi connectivity index (χ3v) is 2.90. The fourth-order valence-corrected chi connectivity index (χ4v) is 1.74. The monoisotopic (exact) mass is 265 g/mol. The lowest BCUT2D eigenvalue weighted by atomic mass is 10.2. The summed E-state index contributed by atoms with van der Waals surface area (Å²) in [6, 6.07) is 7.69. The molecule has 0 aromatic heterocycles. The molecule has 0 unspecified atom stereocenters. The van der Waals surface area contributed by atoms with Crippen molar-refractivity contribution in [1.29, 1.82) is 0 Å². The molecular formula is C14H23N3O2. The summed E-state index contributed by atoms with van der Waals surface area (Å²) in [7, 11) is 3.95. The van der Waals surface area contributed by atoms with E-state index >= 15 is 0 Å². The molecule has 0 heterocycles. The van der Waals surface area contributed by atoms with E-state index in [-0.39, 0.29) is 12.5 Å². The largest absolute Gasteiger partial charge is 0.395 e. The van der Waals surface area contributed by atoms with Crippen LogP contribution in [0.3, 0.4) is 0 Å². The Hall–Kier alpha value is -1.59. The second kappa shape index (κ2) is 7.76. The lowest BCUT2D eigenvalue weighted by Gasteiger charge is -2.18. The molecular weight excluding hydrogens is 242 g/mol. The van der Waals surface area contributed by atoms with E-state index in [9.17, 15) is 4.79 Å². The highest BCUT2D eigenvalue weighted by Crippen LogP contribution is 2.15. The van der Waals surface area contributed by atoms with Crippen LogP contribution in [-0.2, 0) is 4.79 Å². The summed E-state index contributed by atoms with van der Waals surface area (Å²) in [6.45, 7) is 3.59. The highest BCUT2D eigenvalue weighted by Gasteiger charge is 2.08. The predicted octanol–water partition coefficient (Wildman–Crippen LogP) is 1.01. The maximum Gasteiger partial charge on any atom is 0.238 e. The SMILES string of the molecule is CCN(CCO)CC(=O)Nc1ccc(N(C)C)cc1. The van der Waals surface area contributed by atoms with Crippen molar-refractivity contribution in [2.24, 2.45) is 0 Å². The van der Waals surface area contributed by atoms with Gasteiger partial charge in [-0.15, -0.1) is 0 Å². The minimum absolute atomic E-state index is 0.0621. The zero-order valence-electron chi connectivity index (χ0n) is 11.9. The van der Waals surface area contributed by atoms with E-state index in [2.05, 4.69) is 5.32 Å². The topological polar surface area (TPSA) is 55.8 Å². The average Bonchev–Trinajstić information content (AvgIpc) is 2.38. The van der Waals surface area contributed by atoms with E-state index in [1.165, 1.54) is 0 Å². The van der Waals surface area contributed by atoms with Crippen molar-refractivity contribution in [3.8, 4) is 0 Å². The number of hydrogen-bond donors (Lipinski definition) is 2. The number of benzene rings is 1. The van der Waals surface area contributed by atoms with Gasteiger partial charge in [-0.05, 0) is 30.8 Å². The smallest absolute Gasteiger partial charge is 0.238 e. The van der Waals surface area contributed by atoms with E-state index in [0.29, 0.717) is 13.1 Å². The van der Waals surface area contributed by atoms with Crippen LogP contribution in [0.15, 0.2) is 24.3 Å². The highest BCUT2D eigenvalue weighted by atomic mass is 16.3. The number of aliphatic hydroxyl groups is 1. The Morgan fingerprint density at radius 3 is 2.37 bits per heavy atom. The van der Waals surface area contributed by atoms with Gasteiger partial charge in [-0.25, -0.2) is 0 Å². The van der Waals surface area contributed by atoms with Gasteiger partial charge in [0.15, 0.2) is 0 Å². The van der Waals surface area contributed by atoms with Crippen LogP contribution in [0.1, 0.15) is 6.92 Å². The van der Waals surface area contributed by atoms with Crippen molar-refractivity contribution in [3.05, 3.63) is 24.3 Å². The van der Waals surface area contributed by atoms with Gasteiger partial charge in [0.1, 0.15) is 0 Å². The van der Waals surface area contributed by atoms with Crippen LogP contribution in [-0.4, -0.2) is 56.3 Å². The summed E-state index contributed by atoms with van der Waals surface area (Å²) in [4.78, 5) is 15.7. The Labute approximate surface area is 114 Å². The molecule has 0 saturated heterocycles. The zero-order chi connectivity index (χ0) is 14.3. The van der Waals surface area contributed by atoms with Crippen molar-refractivity contribution in [3.63, 3.8) is 0 Å². The molecule has 5 nitrogen and oxygen atoms in total. The van der Waals surface area contributed by atoms with Gasteiger partial charge in [0.25, 0.3) is 0 Å². The maximum absolute atomic E-state index is 11.8. The number of carbonyl (C=O) groups is 1. The zero-order valence-corrected chi connectivity index (χ0v) is 11.9. The van der Waals surface area contributed by atoms with E-state index in [0.717, 1.165) is 17.9 Å². The molecule has 19 heavy (non-hydrogen) atoms. The van der Waals surface area contributed by atoms with Gasteiger partial charge < -0.3 is 15.3 Å². The molecule has 1 amide bonds. The number of likely N-dealkylation sites (N-methyl/N-ethyl adjacent to an activating group) is 1. The van der Waals surface area contributed by atoms with Gasteiger partial charge in [-0.2, -0.15) is 0 Å². The first-order valence-corrected chi connectivity index (χ1v) is 6.47. The Balaban J connectivity index is 2.52. The van der Waals surface area contributed by atoms with Crippen molar-refractivity contribution in [2.45, 2.75) is 6.92 Å². The number of aliphatic hydroxyl groups excluding tert-OH is 1. The number of rotatable bonds is 7. The maximum atomic E-state index is 11.8. The number of carbonyl (C=O) groups excluding carboxylic acids is 1. The first kappa shape index (κ1) is 15.5. The van der Waals surface area contributed by atoms with Crippen LogP contribution in [0.5, 0.6) is 0 Å². The van der Waals surface area contributed by atoms with Gasteiger partial charge in [0, 0.05) is 32.0 Å². The van der Waals surface area contributed by atoms with Gasteiger partial charge >= 0.3 is 0 Å². The fraction of sp³-hybridized carbons (Fsp3) is 0.500. The summed E-state index contributed by atoms with van der Waals surface area (Å²) in [6.07, 6.45) is 0. The summed E-state index contributed by atoms with van der Waals surface area (Å²) >= 11 is 0. The Morgan fingerprint density at radius 1 is 1.26 bits per heavy atom. The van der Waals surface area contributed by atoms with Crippen LogP contribution in [0.4, 0.5) is 11.4 Å². The van der Waals surface area contributed by atoms with Gasteiger partial charge in [-0.1, -0.05) is 6.92 Å². The fourth-order valence-electron chi connectivity index (χ4n) is 1.74. The molecule has 0 radical (unpaired) electrons. The highest BCUT2D eigenvalue weighted by molar-refractivity contribution is 5.92. The molecule has 1 rings (SSSR count). The molecule has 0 aliphatic rings. The first-order chi connectivity index (χ1) is 9.06. The Bertz CT molecular complexity index is 390. The molecule has 1 aromatic carbocycles. The molecule has 0 spiro atoms. The molecule has 0 aliphatic carbocycles. The first-order valence-electron chi connectivity index (χ1n) is 6.47. The van der Waals surface area contributed by atoms with Crippen LogP contribution >= 0.6 is 0 Å². The second-order valence-electron chi connectivity index (χ2n) is 4.58. The molecule has 0 fully saturated rings. The average molecular weight is 265 g/mol.